The van der Waals surface area contributed by atoms with Crippen molar-refractivity contribution in [2.75, 3.05) is 11.4 Å². The molecule has 0 N–H and O–H groups in total. The molecule has 0 aliphatic carbocycles. The largest absolute Gasteiger partial charge is 2.00 e. The van der Waals surface area contributed by atoms with Crippen LogP contribution in [0.4, 0.5) is 5.69 Å². The van der Waals surface area contributed by atoms with E-state index in [0.717, 1.165) is 51.7 Å². The van der Waals surface area contributed by atoms with Gasteiger partial charge in [-0.25, -0.2) is 26.9 Å². The molecule has 4 aromatic heterocycles. The fourth-order valence-electron chi connectivity index (χ4n) is 7.08. The molecule has 0 radical (unpaired) electrons. The Labute approximate surface area is 609 Å². The molecule has 1 amide bonds. The van der Waals surface area contributed by atoms with Gasteiger partial charge in [-0.3, -0.25) is 20.5 Å². The maximum absolute atomic E-state index is 11.2. The number of carbonyl (C=O) groups is 2. The Hall–Kier alpha value is -7.06. The van der Waals surface area contributed by atoms with Gasteiger partial charge in [0.2, 0.25) is 5.91 Å². The van der Waals surface area contributed by atoms with Crippen LogP contribution in [0.25, 0.3) is 43.5 Å². The topological polar surface area (TPSA) is 139 Å². The SMILES string of the molecule is CC.CC.CC.CC.CC.CC.CC.CC.CC.CC.CC(=O)N1CCc2ccc(C)cc21.C[C-]=NC(C)=[C-]C.C[C-]=NC(C)=[C-]C(C)=O.Cc1ccc2cnccc2c1.Cc1ccc2cncnc2c1.Cc1ccc2ncccc2c1.Cc1ccc2ncncc2c1.[W+2].[W+2]. The van der Waals surface area contributed by atoms with E-state index in [1.807, 2.05) is 219 Å². The van der Waals surface area contributed by atoms with E-state index in [9.17, 15) is 9.59 Å². The van der Waals surface area contributed by atoms with Crippen LogP contribution >= 0.6 is 0 Å². The van der Waals surface area contributed by atoms with Gasteiger partial charge in [0.25, 0.3) is 0 Å². The van der Waals surface area contributed by atoms with Gasteiger partial charge in [0.1, 0.15) is 12.7 Å². The number of amides is 1. The number of hydrogen-bond acceptors (Lipinski definition) is 10. The molecule has 1 aliphatic heterocycles. The summed E-state index contributed by atoms with van der Waals surface area (Å²) in [5, 5.41) is 5.89. The Kier molecular flexibility index (Phi) is 85.3. The minimum atomic E-state index is -0.105. The van der Waals surface area contributed by atoms with Crippen molar-refractivity contribution in [2.45, 2.75) is 228 Å². The summed E-state index contributed by atoms with van der Waals surface area (Å²) < 4.78 is 0. The van der Waals surface area contributed by atoms with Gasteiger partial charge in [-0.05, 0) is 124 Å². The number of allylic oxidation sites excluding steroid dienone is 4. The molecule has 95 heavy (non-hydrogen) atoms. The molecule has 522 valence electrons. The van der Waals surface area contributed by atoms with Gasteiger partial charge in [0, 0.05) is 71.7 Å². The summed E-state index contributed by atoms with van der Waals surface area (Å²) in [5.74, 6) is 0.0378. The van der Waals surface area contributed by atoms with Crippen LogP contribution < -0.4 is 4.90 Å². The molecule has 5 heterocycles. The zero-order valence-corrected chi connectivity index (χ0v) is 70.9. The van der Waals surface area contributed by atoms with E-state index in [4.69, 9.17) is 0 Å². The Morgan fingerprint density at radius 1 is 0.411 bits per heavy atom. The summed E-state index contributed by atoms with van der Waals surface area (Å²) in [6, 6.07) is 37.3. The Balaban J connectivity index is -0.000000124. The molecular weight excluding hydrogens is 1510 g/mol. The number of anilines is 1. The number of benzene rings is 5. The number of aryl methyl sites for hydroxylation is 5. The van der Waals surface area contributed by atoms with Crippen LogP contribution in [-0.2, 0) is 58.1 Å². The fraction of sp³-hybridized carbons (Fsp3) is 0.415. The number of Topliss-reactive ketones (excluding diaryl/α,β-unsaturated/α-hetero) is 1. The average Bonchev–Trinajstić information content (AvgIpc) is 1.99. The van der Waals surface area contributed by atoms with Crippen LogP contribution in [0.3, 0.4) is 0 Å². The molecule has 0 saturated carbocycles. The van der Waals surface area contributed by atoms with E-state index in [2.05, 4.69) is 178 Å². The van der Waals surface area contributed by atoms with E-state index in [-0.39, 0.29) is 53.8 Å². The molecule has 9 aromatic rings. The molecule has 5 aromatic carbocycles. The first-order chi connectivity index (χ1) is 45.1. The number of aliphatic imine (C=N–C) groups is 2. The number of ketones is 1. The first-order valence-electron chi connectivity index (χ1n) is 33.8. The predicted octanol–water partition coefficient (Wildman–Crippen LogP) is 24.1. The number of nitrogens with zero attached hydrogens (tertiary/aromatic N) is 9. The summed E-state index contributed by atoms with van der Waals surface area (Å²) in [6.45, 7) is 63.1. The quantitative estimate of drug-likeness (QED) is 0.0968. The molecule has 0 atom stereocenters. The molecule has 0 unspecified atom stereocenters. The summed E-state index contributed by atoms with van der Waals surface area (Å²) in [4.78, 5) is 55.3. The zero-order valence-electron chi connectivity index (χ0n) is 65.0. The Morgan fingerprint density at radius 3 is 1.31 bits per heavy atom. The summed E-state index contributed by atoms with van der Waals surface area (Å²) in [6.07, 6.45) is 23.8. The van der Waals surface area contributed by atoms with Crippen LogP contribution in [0, 0.1) is 46.8 Å². The summed E-state index contributed by atoms with van der Waals surface area (Å²) in [5.41, 5.74) is 13.2. The Morgan fingerprint density at radius 2 is 0.821 bits per heavy atom. The first-order valence-corrected chi connectivity index (χ1v) is 33.8. The normalized spacial score (nSPS) is 9.54. The third-order valence-corrected chi connectivity index (χ3v) is 10.7. The molecular formula is C82H125N9O2W2. The van der Waals surface area contributed by atoms with Crippen LogP contribution in [0.15, 0.2) is 174 Å². The van der Waals surface area contributed by atoms with E-state index in [1.54, 1.807) is 40.3 Å². The molecule has 1 aliphatic rings. The number of fused-ring (bicyclic) bond motifs is 5. The zero-order chi connectivity index (χ0) is 73.1. The third kappa shape index (κ3) is 51.0. The van der Waals surface area contributed by atoms with Crippen molar-refractivity contribution < 1.29 is 51.7 Å². The van der Waals surface area contributed by atoms with Crippen molar-refractivity contribution in [1.82, 2.24) is 29.9 Å². The fourth-order valence-corrected chi connectivity index (χ4v) is 7.08. The van der Waals surface area contributed by atoms with Crippen LogP contribution in [0.5, 0.6) is 0 Å². The number of pyridine rings is 2. The second-order valence-corrected chi connectivity index (χ2v) is 16.9. The van der Waals surface area contributed by atoms with E-state index in [1.165, 1.54) is 56.5 Å². The minimum absolute atomic E-state index is 0. The molecule has 0 fully saturated rings. The average molecular weight is 1640 g/mol. The molecule has 11 nitrogen and oxygen atoms in total. The predicted molar refractivity (Wildman–Crippen MR) is 415 cm³/mol. The van der Waals surface area contributed by atoms with Crippen molar-refractivity contribution in [3.8, 4) is 0 Å². The van der Waals surface area contributed by atoms with Crippen molar-refractivity contribution in [3.05, 3.63) is 210 Å². The van der Waals surface area contributed by atoms with Gasteiger partial charge in [0.15, 0.2) is 0 Å². The maximum atomic E-state index is 11.2. The first kappa shape index (κ1) is 107. The molecule has 0 bridgehead atoms. The number of aromatic nitrogens is 6. The van der Waals surface area contributed by atoms with Crippen LogP contribution in [-0.4, -0.2) is 60.6 Å². The van der Waals surface area contributed by atoms with Gasteiger partial charge in [0.05, 0.1) is 16.6 Å². The van der Waals surface area contributed by atoms with Crippen LogP contribution in [0.1, 0.15) is 220 Å². The van der Waals surface area contributed by atoms with E-state index >= 15 is 0 Å². The molecule has 0 saturated heterocycles. The van der Waals surface area contributed by atoms with Crippen molar-refractivity contribution in [1.29, 1.82) is 0 Å². The van der Waals surface area contributed by atoms with Gasteiger partial charge in [-0.15, -0.1) is 27.7 Å². The summed E-state index contributed by atoms with van der Waals surface area (Å²) >= 11 is 0. The van der Waals surface area contributed by atoms with Gasteiger partial charge < -0.3 is 37.5 Å². The second kappa shape index (κ2) is 76.0. The number of carbonyl (C=O) groups excluding carboxylic acids is 2. The minimum Gasteiger partial charge on any atom is -0.584 e. The van der Waals surface area contributed by atoms with Gasteiger partial charge in [-0.1, -0.05) is 216 Å². The maximum Gasteiger partial charge on any atom is 2.00 e. The smallest absolute Gasteiger partial charge is 0.584 e. The van der Waals surface area contributed by atoms with Crippen molar-refractivity contribution in [3.63, 3.8) is 0 Å². The molecule has 10 rings (SSSR count). The van der Waals surface area contributed by atoms with Gasteiger partial charge >= 0.3 is 42.1 Å². The number of hydrogen-bond donors (Lipinski definition) is 0. The van der Waals surface area contributed by atoms with Gasteiger partial charge in [-0.2, -0.15) is 12.4 Å². The second-order valence-electron chi connectivity index (χ2n) is 16.9. The van der Waals surface area contributed by atoms with Crippen molar-refractivity contribution >= 4 is 73.3 Å². The van der Waals surface area contributed by atoms with Crippen molar-refractivity contribution in [2.24, 2.45) is 9.98 Å². The Bertz CT molecular complexity index is 3050. The van der Waals surface area contributed by atoms with E-state index < -0.39 is 0 Å². The third-order valence-electron chi connectivity index (χ3n) is 10.7. The molecule has 0 spiro atoms. The van der Waals surface area contributed by atoms with Crippen LogP contribution in [0.2, 0.25) is 0 Å². The molecule has 13 heteroatoms. The van der Waals surface area contributed by atoms with E-state index in [0.29, 0.717) is 5.70 Å². The number of rotatable bonds is 3. The monoisotopic (exact) mass is 1640 g/mol. The standard InChI is InChI=1S/C11H13NO.2C10H9N.2C9H8N2.C7H9NO.C6H9N.10C2H6.2W/c1-8-3-4-10-5-6-12(9(2)13)11(10)7-8;1-8-2-3-10-7-11-5-4-9(10)6-8;1-8-4-5-10-9(7-8)3-2-6-11-10;1-7-2-3-9-8(4-7)5-10-6-11-9;1-7-2-3-8-5-10-6-11-9(8)4-7;1-4-8-6(2)5-7(3)9;1-4-6(3)7-5-2;10*1-2;;/h3-4,7H,5-6H2,1-2H3;2*2-7H,1H3;2*2-6H,1H3;1-3H3;1-3H3;10*1-2H3;;/q;;;;;2*-2;;;;;;;;;;;2*+2. The summed E-state index contributed by atoms with van der Waals surface area (Å²) in [7, 11) is 0.